The molecule has 0 heterocycles. The summed E-state index contributed by atoms with van der Waals surface area (Å²) in [6, 6.07) is 6.23. The molecule has 2 rings (SSSR count). The number of ether oxygens (including phenoxy) is 1. The van der Waals surface area contributed by atoms with Crippen molar-refractivity contribution in [2.75, 3.05) is 13.7 Å². The van der Waals surface area contributed by atoms with Gasteiger partial charge in [-0.3, -0.25) is 0 Å². The number of thioether (sulfide) groups is 1. The van der Waals surface area contributed by atoms with Crippen LogP contribution in [0.25, 0.3) is 0 Å². The Morgan fingerprint density at radius 1 is 1.35 bits per heavy atom. The topological polar surface area (TPSA) is 29.5 Å². The zero-order valence-electron chi connectivity index (χ0n) is 12.0. The molecule has 0 saturated heterocycles. The zero-order chi connectivity index (χ0) is 14.2. The summed E-state index contributed by atoms with van der Waals surface area (Å²) in [6.07, 6.45) is 6.01. The van der Waals surface area contributed by atoms with E-state index in [-0.39, 0.29) is 6.61 Å². The van der Waals surface area contributed by atoms with Crippen molar-refractivity contribution in [1.82, 2.24) is 0 Å². The summed E-state index contributed by atoms with van der Waals surface area (Å²) in [6.45, 7) is 0.104. The second-order valence-corrected chi connectivity index (χ2v) is 6.32. The van der Waals surface area contributed by atoms with E-state index >= 15 is 0 Å². The molecule has 1 N–H and O–H groups in total. The van der Waals surface area contributed by atoms with Gasteiger partial charge in [0.1, 0.15) is 5.75 Å². The van der Waals surface area contributed by atoms with Gasteiger partial charge in [0.05, 0.1) is 19.3 Å². The molecule has 0 amide bonds. The Labute approximate surface area is 125 Å². The number of hydrogen-bond donors (Lipinski definition) is 1. The van der Waals surface area contributed by atoms with Crippen LogP contribution in [0.4, 0.5) is 0 Å². The van der Waals surface area contributed by atoms with Crippen LogP contribution in [0, 0.1) is 11.8 Å². The van der Waals surface area contributed by atoms with Crippen molar-refractivity contribution in [2.45, 2.75) is 43.1 Å². The lowest BCUT2D eigenvalue weighted by molar-refractivity contribution is 0.305. The average molecular weight is 290 g/mol. The van der Waals surface area contributed by atoms with E-state index in [1.807, 2.05) is 6.07 Å². The van der Waals surface area contributed by atoms with E-state index in [1.165, 1.54) is 31.2 Å². The zero-order valence-corrected chi connectivity index (χ0v) is 12.8. The van der Waals surface area contributed by atoms with Crippen LogP contribution in [0.3, 0.4) is 0 Å². The molecule has 0 atom stereocenters. The maximum atomic E-state index is 8.79. The fourth-order valence-corrected chi connectivity index (χ4v) is 3.70. The smallest absolute Gasteiger partial charge is 0.134 e. The van der Waals surface area contributed by atoms with Crippen LogP contribution in [0.2, 0.25) is 0 Å². The third kappa shape index (κ3) is 4.47. The molecule has 1 saturated carbocycles. The molecule has 1 aromatic carbocycles. The first-order valence-electron chi connectivity index (χ1n) is 7.21. The van der Waals surface area contributed by atoms with Gasteiger partial charge in [-0.25, -0.2) is 0 Å². The van der Waals surface area contributed by atoms with Gasteiger partial charge in [0.15, 0.2) is 0 Å². The minimum atomic E-state index is 0.104. The van der Waals surface area contributed by atoms with Gasteiger partial charge in [0.25, 0.3) is 0 Å². The minimum Gasteiger partial charge on any atom is -0.495 e. The van der Waals surface area contributed by atoms with Crippen molar-refractivity contribution in [2.24, 2.45) is 0 Å². The molecule has 1 aliphatic carbocycles. The molecule has 20 heavy (non-hydrogen) atoms. The van der Waals surface area contributed by atoms with Gasteiger partial charge in [0, 0.05) is 17.4 Å². The lowest BCUT2D eigenvalue weighted by Crippen LogP contribution is -1.96. The predicted octanol–water partition coefficient (Wildman–Crippen LogP) is 3.60. The van der Waals surface area contributed by atoms with Crippen LogP contribution in [0.15, 0.2) is 18.2 Å². The fourth-order valence-electron chi connectivity index (χ4n) is 2.43. The van der Waals surface area contributed by atoms with Crippen molar-refractivity contribution < 1.29 is 9.84 Å². The standard InChI is InChI=1S/C17H22O2S/c1-19-17-10-9-14(12-15(17)6-4-5-11-18)13-20-16-7-2-3-8-16/h9-10,12,16,18H,2-3,5,7-8,11,13H2,1H3. The Morgan fingerprint density at radius 2 is 2.15 bits per heavy atom. The Morgan fingerprint density at radius 3 is 2.85 bits per heavy atom. The highest BCUT2D eigenvalue weighted by atomic mass is 32.2. The SMILES string of the molecule is COc1ccc(CSC2CCCC2)cc1C#CCCO. The summed E-state index contributed by atoms with van der Waals surface area (Å²) in [7, 11) is 1.67. The number of benzene rings is 1. The van der Waals surface area contributed by atoms with Gasteiger partial charge in [-0.1, -0.05) is 30.7 Å². The molecule has 0 bridgehead atoms. The van der Waals surface area contributed by atoms with Crippen LogP contribution >= 0.6 is 11.8 Å². The molecule has 0 aliphatic heterocycles. The summed E-state index contributed by atoms with van der Waals surface area (Å²) < 4.78 is 5.34. The number of aliphatic hydroxyl groups excluding tert-OH is 1. The van der Waals surface area contributed by atoms with Crippen LogP contribution in [-0.4, -0.2) is 24.1 Å². The molecule has 0 radical (unpaired) electrons. The Balaban J connectivity index is 2.02. The maximum Gasteiger partial charge on any atom is 0.134 e. The lowest BCUT2D eigenvalue weighted by atomic mass is 10.1. The van der Waals surface area contributed by atoms with Gasteiger partial charge in [-0.2, -0.15) is 11.8 Å². The van der Waals surface area contributed by atoms with E-state index in [2.05, 4.69) is 35.7 Å². The molecular weight excluding hydrogens is 268 g/mol. The summed E-state index contributed by atoms with van der Waals surface area (Å²) >= 11 is 2.06. The molecule has 1 aliphatic rings. The number of methoxy groups -OCH3 is 1. The van der Waals surface area contributed by atoms with Crippen molar-refractivity contribution in [3.63, 3.8) is 0 Å². The first-order valence-corrected chi connectivity index (χ1v) is 8.26. The van der Waals surface area contributed by atoms with Crippen LogP contribution in [0.5, 0.6) is 5.75 Å². The van der Waals surface area contributed by atoms with Crippen molar-refractivity contribution in [3.05, 3.63) is 29.3 Å². The first kappa shape index (κ1) is 15.3. The van der Waals surface area contributed by atoms with Crippen LogP contribution < -0.4 is 4.74 Å². The average Bonchev–Trinajstić information content (AvgIpc) is 2.99. The minimum absolute atomic E-state index is 0.104. The van der Waals surface area contributed by atoms with E-state index in [1.54, 1.807) is 7.11 Å². The van der Waals surface area contributed by atoms with E-state index in [0.717, 1.165) is 22.3 Å². The van der Waals surface area contributed by atoms with E-state index < -0.39 is 0 Å². The summed E-state index contributed by atoms with van der Waals surface area (Å²) in [4.78, 5) is 0. The van der Waals surface area contributed by atoms with Gasteiger partial charge in [-0.15, -0.1) is 0 Å². The molecule has 0 unspecified atom stereocenters. The highest BCUT2D eigenvalue weighted by molar-refractivity contribution is 7.99. The quantitative estimate of drug-likeness (QED) is 0.840. The normalized spacial score (nSPS) is 14.9. The lowest BCUT2D eigenvalue weighted by Gasteiger charge is -2.10. The van der Waals surface area contributed by atoms with Crippen molar-refractivity contribution in [3.8, 4) is 17.6 Å². The maximum absolute atomic E-state index is 8.79. The molecule has 0 spiro atoms. The number of hydrogen-bond acceptors (Lipinski definition) is 3. The molecule has 108 valence electrons. The van der Waals surface area contributed by atoms with Gasteiger partial charge in [-0.05, 0) is 30.5 Å². The monoisotopic (exact) mass is 290 g/mol. The first-order chi connectivity index (χ1) is 9.83. The Kier molecular flexibility index (Phi) is 6.29. The van der Waals surface area contributed by atoms with E-state index in [9.17, 15) is 0 Å². The molecular formula is C17H22O2S. The van der Waals surface area contributed by atoms with Crippen LogP contribution in [-0.2, 0) is 5.75 Å². The summed E-state index contributed by atoms with van der Waals surface area (Å²) in [5.74, 6) is 7.91. The third-order valence-corrected chi connectivity index (χ3v) is 4.95. The third-order valence-electron chi connectivity index (χ3n) is 3.51. The molecule has 1 fully saturated rings. The Bertz CT molecular complexity index is 481. The highest BCUT2D eigenvalue weighted by Gasteiger charge is 2.15. The molecule has 0 aromatic heterocycles. The summed E-state index contributed by atoms with van der Waals surface area (Å²) in [5.41, 5.74) is 2.22. The largest absolute Gasteiger partial charge is 0.495 e. The second kappa shape index (κ2) is 8.24. The van der Waals surface area contributed by atoms with Gasteiger partial charge >= 0.3 is 0 Å². The number of rotatable bonds is 5. The molecule has 2 nitrogen and oxygen atoms in total. The van der Waals surface area contributed by atoms with Crippen molar-refractivity contribution >= 4 is 11.8 Å². The second-order valence-electron chi connectivity index (χ2n) is 5.03. The van der Waals surface area contributed by atoms with Gasteiger partial charge in [0.2, 0.25) is 0 Å². The molecule has 1 aromatic rings. The predicted molar refractivity (Wildman–Crippen MR) is 85.1 cm³/mol. The summed E-state index contributed by atoms with van der Waals surface area (Å²) in [5, 5.41) is 9.63. The molecule has 3 heteroatoms. The van der Waals surface area contributed by atoms with E-state index in [4.69, 9.17) is 9.84 Å². The van der Waals surface area contributed by atoms with E-state index in [0.29, 0.717) is 6.42 Å². The van der Waals surface area contributed by atoms with Crippen LogP contribution in [0.1, 0.15) is 43.2 Å². The number of aliphatic hydroxyl groups is 1. The Hall–Kier alpha value is -1.11. The fraction of sp³-hybridized carbons (Fsp3) is 0.529. The van der Waals surface area contributed by atoms with Gasteiger partial charge < -0.3 is 9.84 Å². The highest BCUT2D eigenvalue weighted by Crippen LogP contribution is 2.32. The van der Waals surface area contributed by atoms with Crippen molar-refractivity contribution in [1.29, 1.82) is 0 Å².